The van der Waals surface area contributed by atoms with E-state index in [0.29, 0.717) is 34.8 Å². The molecule has 164 valence electrons. The number of nitrogens with zero attached hydrogens (tertiary/aromatic N) is 2. The van der Waals surface area contributed by atoms with Gasteiger partial charge in [-0.2, -0.15) is 0 Å². The van der Waals surface area contributed by atoms with Gasteiger partial charge in [-0.05, 0) is 50.4 Å². The van der Waals surface area contributed by atoms with E-state index < -0.39 is 18.0 Å². The van der Waals surface area contributed by atoms with Crippen LogP contribution in [0.2, 0.25) is 0 Å². The van der Waals surface area contributed by atoms with Gasteiger partial charge < -0.3 is 19.3 Å². The fourth-order valence-corrected chi connectivity index (χ4v) is 3.86. The normalized spacial score (nSPS) is 11.8. The molecule has 3 aromatic heterocycles. The molecule has 4 rings (SSSR count). The first-order valence-electron chi connectivity index (χ1n) is 10.0. The lowest BCUT2D eigenvalue weighted by molar-refractivity contribution is -0.123. The Kier molecular flexibility index (Phi) is 6.18. The number of esters is 1. The molecule has 0 saturated carbocycles. The average molecular weight is 452 g/mol. The molecule has 1 N–H and O–H groups in total. The number of anilines is 1. The quantitative estimate of drug-likeness (QED) is 0.401. The minimum Gasteiger partial charge on any atom is -0.492 e. The number of hydrogen-bond donors (Lipinski definition) is 1. The van der Waals surface area contributed by atoms with Gasteiger partial charge >= 0.3 is 5.97 Å². The SMILES string of the molecule is CCOc1ccccc1NC(=O)C(C)OC(=O)c1cc(-c2cccs2)nc2onc(C)c12. The standard InChI is InChI=1S/C23H21N3O5S/c1-4-29-18-9-6-5-8-16(18)24-21(27)14(3)30-23(28)15-12-17(19-10-7-11-32-19)25-22-20(15)13(2)26-31-22/h5-12,14H,4H2,1-3H3,(H,24,27). The minimum atomic E-state index is -1.05. The molecule has 8 nitrogen and oxygen atoms in total. The zero-order chi connectivity index (χ0) is 22.7. The van der Waals surface area contributed by atoms with Gasteiger partial charge in [0.15, 0.2) is 6.10 Å². The second kappa shape index (κ2) is 9.19. The van der Waals surface area contributed by atoms with Crippen molar-refractivity contribution in [2.24, 2.45) is 0 Å². The van der Waals surface area contributed by atoms with Crippen LogP contribution in [0, 0.1) is 6.92 Å². The molecular formula is C23H21N3O5S. The second-order valence-corrected chi connectivity index (χ2v) is 7.89. The fraction of sp³-hybridized carbons (Fsp3) is 0.217. The smallest absolute Gasteiger partial charge is 0.339 e. The van der Waals surface area contributed by atoms with Crippen LogP contribution in [-0.4, -0.2) is 34.7 Å². The molecule has 0 aliphatic heterocycles. The van der Waals surface area contributed by atoms with Crippen molar-refractivity contribution in [3.05, 3.63) is 59.1 Å². The molecule has 0 saturated heterocycles. The number of rotatable bonds is 7. The van der Waals surface area contributed by atoms with Crippen LogP contribution in [0.4, 0.5) is 5.69 Å². The fourth-order valence-electron chi connectivity index (χ4n) is 3.17. The molecule has 1 amide bonds. The Morgan fingerprint density at radius 2 is 2.03 bits per heavy atom. The molecule has 1 unspecified atom stereocenters. The number of amides is 1. The summed E-state index contributed by atoms with van der Waals surface area (Å²) in [6.45, 7) is 5.54. The summed E-state index contributed by atoms with van der Waals surface area (Å²) < 4.78 is 16.3. The van der Waals surface area contributed by atoms with E-state index in [9.17, 15) is 9.59 Å². The van der Waals surface area contributed by atoms with Crippen molar-refractivity contribution >= 4 is 40.0 Å². The third-order valence-corrected chi connectivity index (χ3v) is 5.60. The number of ether oxygens (including phenoxy) is 2. The Hall–Kier alpha value is -3.72. The van der Waals surface area contributed by atoms with Crippen molar-refractivity contribution in [2.45, 2.75) is 26.9 Å². The lowest BCUT2D eigenvalue weighted by Gasteiger charge is -2.16. The first kappa shape index (κ1) is 21.5. The highest BCUT2D eigenvalue weighted by molar-refractivity contribution is 7.13. The molecule has 0 bridgehead atoms. The third kappa shape index (κ3) is 4.33. The molecular weight excluding hydrogens is 430 g/mol. The van der Waals surface area contributed by atoms with Crippen molar-refractivity contribution in [1.82, 2.24) is 10.1 Å². The maximum absolute atomic E-state index is 13.0. The molecule has 1 aromatic carbocycles. The van der Waals surface area contributed by atoms with Gasteiger partial charge in [0, 0.05) is 0 Å². The Morgan fingerprint density at radius 1 is 1.22 bits per heavy atom. The second-order valence-electron chi connectivity index (χ2n) is 6.95. The number of fused-ring (bicyclic) bond motifs is 1. The molecule has 3 heterocycles. The summed E-state index contributed by atoms with van der Waals surface area (Å²) >= 11 is 1.48. The molecule has 32 heavy (non-hydrogen) atoms. The Balaban J connectivity index is 1.57. The maximum Gasteiger partial charge on any atom is 0.339 e. The van der Waals surface area contributed by atoms with Gasteiger partial charge in [-0.25, -0.2) is 9.78 Å². The van der Waals surface area contributed by atoms with Crippen LogP contribution < -0.4 is 10.1 Å². The molecule has 4 aromatic rings. The van der Waals surface area contributed by atoms with Crippen molar-refractivity contribution < 1.29 is 23.6 Å². The summed E-state index contributed by atoms with van der Waals surface area (Å²) in [5, 5.41) is 9.05. The van der Waals surface area contributed by atoms with Crippen LogP contribution in [0.3, 0.4) is 0 Å². The lowest BCUT2D eigenvalue weighted by Crippen LogP contribution is -2.30. The van der Waals surface area contributed by atoms with Gasteiger partial charge in [-0.15, -0.1) is 11.3 Å². The predicted octanol–water partition coefficient (Wildman–Crippen LogP) is 4.84. The Morgan fingerprint density at radius 3 is 2.78 bits per heavy atom. The monoisotopic (exact) mass is 451 g/mol. The van der Waals surface area contributed by atoms with E-state index in [0.717, 1.165) is 4.88 Å². The molecule has 0 aliphatic carbocycles. The summed E-state index contributed by atoms with van der Waals surface area (Å²) in [6, 6.07) is 12.5. The highest BCUT2D eigenvalue weighted by Gasteiger charge is 2.25. The number of benzene rings is 1. The van der Waals surface area contributed by atoms with Gasteiger partial charge in [-0.1, -0.05) is 23.4 Å². The zero-order valence-electron chi connectivity index (χ0n) is 17.7. The first-order valence-corrected chi connectivity index (χ1v) is 10.9. The van der Waals surface area contributed by atoms with Crippen LogP contribution in [0.25, 0.3) is 21.7 Å². The number of nitrogens with one attached hydrogen (secondary N) is 1. The first-order chi connectivity index (χ1) is 15.5. The van der Waals surface area contributed by atoms with Crippen LogP contribution in [0.5, 0.6) is 5.75 Å². The summed E-state index contributed by atoms with van der Waals surface area (Å²) in [7, 11) is 0. The minimum absolute atomic E-state index is 0.239. The number of para-hydroxylation sites is 2. The van der Waals surface area contributed by atoms with Crippen LogP contribution >= 0.6 is 11.3 Å². The average Bonchev–Trinajstić information content (AvgIpc) is 3.45. The number of pyridine rings is 1. The van der Waals surface area contributed by atoms with Crippen LogP contribution in [0.1, 0.15) is 29.9 Å². The van der Waals surface area contributed by atoms with Crippen molar-refractivity contribution in [3.63, 3.8) is 0 Å². The summed E-state index contributed by atoms with van der Waals surface area (Å²) in [5.74, 6) is -0.600. The number of aryl methyl sites for hydroxylation is 1. The van der Waals surface area contributed by atoms with Gasteiger partial charge in [0.2, 0.25) is 0 Å². The third-order valence-electron chi connectivity index (χ3n) is 4.71. The van der Waals surface area contributed by atoms with Gasteiger partial charge in [0.1, 0.15) is 5.75 Å². The van der Waals surface area contributed by atoms with Crippen molar-refractivity contribution in [3.8, 4) is 16.3 Å². The molecule has 1 atom stereocenters. The van der Waals surface area contributed by atoms with E-state index in [-0.39, 0.29) is 11.3 Å². The molecule has 9 heteroatoms. The Labute approximate surface area is 188 Å². The van der Waals surface area contributed by atoms with Gasteiger partial charge in [0.05, 0.1) is 39.5 Å². The topological polar surface area (TPSA) is 104 Å². The Bertz CT molecular complexity index is 1270. The van der Waals surface area contributed by atoms with Crippen molar-refractivity contribution in [2.75, 3.05) is 11.9 Å². The zero-order valence-corrected chi connectivity index (χ0v) is 18.6. The number of thiophene rings is 1. The maximum atomic E-state index is 13.0. The van der Waals surface area contributed by atoms with Crippen LogP contribution in [-0.2, 0) is 9.53 Å². The highest BCUT2D eigenvalue weighted by Crippen LogP contribution is 2.30. The number of hydrogen-bond acceptors (Lipinski definition) is 8. The molecule has 0 radical (unpaired) electrons. The van der Waals surface area contributed by atoms with E-state index in [1.54, 1.807) is 31.2 Å². The van der Waals surface area contributed by atoms with E-state index in [4.69, 9.17) is 14.0 Å². The number of aromatic nitrogens is 2. The molecule has 0 aliphatic rings. The highest BCUT2D eigenvalue weighted by atomic mass is 32.1. The predicted molar refractivity (Wildman–Crippen MR) is 121 cm³/mol. The van der Waals surface area contributed by atoms with Crippen LogP contribution in [0.15, 0.2) is 52.4 Å². The van der Waals surface area contributed by atoms with E-state index in [1.165, 1.54) is 18.3 Å². The number of carbonyl (C=O) groups is 2. The van der Waals surface area contributed by atoms with E-state index in [2.05, 4.69) is 15.5 Å². The largest absolute Gasteiger partial charge is 0.492 e. The van der Waals surface area contributed by atoms with E-state index in [1.807, 2.05) is 30.5 Å². The molecule has 0 spiro atoms. The summed E-state index contributed by atoms with van der Waals surface area (Å²) in [6.07, 6.45) is -1.05. The molecule has 0 fully saturated rings. The van der Waals surface area contributed by atoms with Gasteiger partial charge in [0.25, 0.3) is 11.6 Å². The lowest BCUT2D eigenvalue weighted by atomic mass is 10.1. The van der Waals surface area contributed by atoms with E-state index >= 15 is 0 Å². The van der Waals surface area contributed by atoms with Gasteiger partial charge in [-0.3, -0.25) is 4.79 Å². The number of carbonyl (C=O) groups excluding carboxylic acids is 2. The summed E-state index contributed by atoms with van der Waals surface area (Å²) in [4.78, 5) is 31.1. The summed E-state index contributed by atoms with van der Waals surface area (Å²) in [5.41, 5.74) is 2.07. The van der Waals surface area contributed by atoms with Crippen molar-refractivity contribution in [1.29, 1.82) is 0 Å².